The van der Waals surface area contributed by atoms with Crippen LogP contribution in [0.2, 0.25) is 5.28 Å². The Morgan fingerprint density at radius 2 is 1.81 bits per heavy atom. The summed E-state index contributed by atoms with van der Waals surface area (Å²) in [5, 5.41) is -0.0337. The van der Waals surface area contributed by atoms with E-state index in [4.69, 9.17) is 16.3 Å². The molecule has 0 unspecified atom stereocenters. The van der Waals surface area contributed by atoms with Crippen LogP contribution in [0.15, 0.2) is 0 Å². The topological polar surface area (TPSA) is 51.1 Å². The number of anilines is 1. The zero-order chi connectivity index (χ0) is 15.6. The van der Waals surface area contributed by atoms with Gasteiger partial charge in [-0.2, -0.15) is 28.1 Å². The highest BCUT2D eigenvalue weighted by molar-refractivity contribution is 6.28. The smallest absolute Gasteiger partial charge is 0.391 e. The van der Waals surface area contributed by atoms with Crippen LogP contribution in [-0.4, -0.2) is 40.3 Å². The van der Waals surface area contributed by atoms with Gasteiger partial charge in [0.1, 0.15) is 0 Å². The molecule has 1 aliphatic rings. The minimum absolute atomic E-state index is 0.0210. The quantitative estimate of drug-likeness (QED) is 0.855. The summed E-state index contributed by atoms with van der Waals surface area (Å²) in [5.41, 5.74) is 0. The van der Waals surface area contributed by atoms with E-state index in [0.717, 1.165) is 0 Å². The number of hydrogen-bond donors (Lipinski definition) is 0. The Labute approximate surface area is 125 Å². The Hall–Kier alpha value is -1.31. The third-order valence-corrected chi connectivity index (χ3v) is 3.33. The normalized spacial score (nSPS) is 17.4. The van der Waals surface area contributed by atoms with Gasteiger partial charge in [-0.05, 0) is 38.3 Å². The first-order valence-corrected chi connectivity index (χ1v) is 7.03. The fourth-order valence-corrected chi connectivity index (χ4v) is 2.28. The van der Waals surface area contributed by atoms with Crippen molar-refractivity contribution in [3.8, 4) is 6.01 Å². The zero-order valence-electron chi connectivity index (χ0n) is 11.7. The maximum atomic E-state index is 12.6. The predicted octanol–water partition coefficient (Wildman–Crippen LogP) is 3.09. The zero-order valence-corrected chi connectivity index (χ0v) is 12.4. The molecule has 2 heterocycles. The number of hydrogen-bond acceptors (Lipinski definition) is 5. The van der Waals surface area contributed by atoms with Gasteiger partial charge in [0.15, 0.2) is 0 Å². The maximum absolute atomic E-state index is 12.6. The number of aromatic nitrogens is 3. The first kappa shape index (κ1) is 16.1. The number of nitrogens with zero attached hydrogens (tertiary/aromatic N) is 4. The SMILES string of the molecule is CC(C)Oc1nc(Cl)nc(N2CCC(C(F)(F)F)CC2)n1. The Morgan fingerprint density at radius 3 is 2.33 bits per heavy atom. The van der Waals surface area contributed by atoms with Crippen LogP contribution < -0.4 is 9.64 Å². The third kappa shape index (κ3) is 4.33. The van der Waals surface area contributed by atoms with Crippen LogP contribution in [0.4, 0.5) is 19.1 Å². The molecule has 0 amide bonds. The molecule has 0 N–H and O–H groups in total. The lowest BCUT2D eigenvalue weighted by molar-refractivity contribution is -0.179. The molecule has 0 saturated carbocycles. The lowest BCUT2D eigenvalue weighted by atomic mass is 9.96. The number of alkyl halides is 3. The van der Waals surface area contributed by atoms with Crippen molar-refractivity contribution in [2.24, 2.45) is 5.92 Å². The van der Waals surface area contributed by atoms with E-state index in [1.165, 1.54) is 0 Å². The van der Waals surface area contributed by atoms with Crippen molar-refractivity contribution >= 4 is 17.5 Å². The first-order chi connectivity index (χ1) is 9.75. The van der Waals surface area contributed by atoms with Gasteiger partial charge in [0.25, 0.3) is 0 Å². The van der Waals surface area contributed by atoms with Gasteiger partial charge in [0.05, 0.1) is 12.0 Å². The molecule has 0 radical (unpaired) electrons. The fourth-order valence-electron chi connectivity index (χ4n) is 2.13. The van der Waals surface area contributed by atoms with Gasteiger partial charge in [-0.1, -0.05) is 0 Å². The second-order valence-electron chi connectivity index (χ2n) is 5.16. The summed E-state index contributed by atoms with van der Waals surface area (Å²) in [6, 6.07) is 0.0814. The molecule has 1 aliphatic heterocycles. The van der Waals surface area contributed by atoms with Gasteiger partial charge in [0, 0.05) is 13.1 Å². The molecule has 1 fully saturated rings. The van der Waals surface area contributed by atoms with E-state index in [1.807, 2.05) is 13.8 Å². The predicted molar refractivity (Wildman–Crippen MR) is 71.6 cm³/mol. The van der Waals surface area contributed by atoms with Crippen LogP contribution >= 0.6 is 11.6 Å². The van der Waals surface area contributed by atoms with Crippen molar-refractivity contribution in [1.82, 2.24) is 15.0 Å². The van der Waals surface area contributed by atoms with Crippen LogP contribution in [0, 0.1) is 5.92 Å². The molecule has 118 valence electrons. The van der Waals surface area contributed by atoms with Gasteiger partial charge in [0.2, 0.25) is 11.2 Å². The van der Waals surface area contributed by atoms with Crippen molar-refractivity contribution in [3.05, 3.63) is 5.28 Å². The van der Waals surface area contributed by atoms with E-state index in [9.17, 15) is 13.2 Å². The molecule has 1 aromatic rings. The van der Waals surface area contributed by atoms with Crippen molar-refractivity contribution in [3.63, 3.8) is 0 Å². The van der Waals surface area contributed by atoms with Crippen molar-refractivity contribution < 1.29 is 17.9 Å². The molecular formula is C12H16ClF3N4O. The Balaban J connectivity index is 2.08. The molecule has 0 bridgehead atoms. The van der Waals surface area contributed by atoms with E-state index >= 15 is 0 Å². The van der Waals surface area contributed by atoms with Gasteiger partial charge in [-0.25, -0.2) is 0 Å². The lowest BCUT2D eigenvalue weighted by Crippen LogP contribution is -2.39. The Bertz CT molecular complexity index is 490. The molecule has 0 spiro atoms. The molecule has 0 aromatic carbocycles. The molecule has 1 aromatic heterocycles. The van der Waals surface area contributed by atoms with E-state index in [1.54, 1.807) is 4.90 Å². The molecule has 9 heteroatoms. The highest BCUT2D eigenvalue weighted by Gasteiger charge is 2.41. The fraction of sp³-hybridized carbons (Fsp3) is 0.750. The van der Waals surface area contributed by atoms with Gasteiger partial charge in [-0.3, -0.25) is 0 Å². The third-order valence-electron chi connectivity index (χ3n) is 3.16. The van der Waals surface area contributed by atoms with Crippen LogP contribution in [0.3, 0.4) is 0 Å². The van der Waals surface area contributed by atoms with E-state index in [0.29, 0.717) is 0 Å². The summed E-state index contributed by atoms with van der Waals surface area (Å²) in [7, 11) is 0. The van der Waals surface area contributed by atoms with Gasteiger partial charge >= 0.3 is 12.2 Å². The molecular weight excluding hydrogens is 309 g/mol. The molecule has 5 nitrogen and oxygen atoms in total. The van der Waals surface area contributed by atoms with Crippen molar-refractivity contribution in [2.45, 2.75) is 39.0 Å². The molecule has 0 atom stereocenters. The molecule has 1 saturated heterocycles. The average molecular weight is 325 g/mol. The average Bonchev–Trinajstić information content (AvgIpc) is 2.36. The summed E-state index contributed by atoms with van der Waals surface area (Å²) in [4.78, 5) is 13.6. The van der Waals surface area contributed by atoms with Gasteiger partial charge in [-0.15, -0.1) is 0 Å². The summed E-state index contributed by atoms with van der Waals surface area (Å²) in [5.74, 6) is -1.01. The Morgan fingerprint density at radius 1 is 1.19 bits per heavy atom. The standard InChI is InChI=1S/C12H16ClF3N4O/c1-7(2)21-11-18-9(13)17-10(19-11)20-5-3-8(4-6-20)12(14,15)16/h7-8H,3-6H2,1-2H3. The van der Waals surface area contributed by atoms with E-state index in [2.05, 4.69) is 15.0 Å². The number of rotatable bonds is 3. The van der Waals surface area contributed by atoms with Crippen LogP contribution in [0.25, 0.3) is 0 Å². The highest BCUT2D eigenvalue weighted by atomic mass is 35.5. The molecule has 21 heavy (non-hydrogen) atoms. The van der Waals surface area contributed by atoms with Crippen molar-refractivity contribution in [2.75, 3.05) is 18.0 Å². The number of ether oxygens (including phenoxy) is 1. The molecule has 0 aliphatic carbocycles. The van der Waals surface area contributed by atoms with E-state index in [-0.39, 0.29) is 49.3 Å². The maximum Gasteiger partial charge on any atom is 0.391 e. The van der Waals surface area contributed by atoms with Crippen LogP contribution in [0.5, 0.6) is 6.01 Å². The van der Waals surface area contributed by atoms with Crippen LogP contribution in [-0.2, 0) is 0 Å². The van der Waals surface area contributed by atoms with Gasteiger partial charge < -0.3 is 9.64 Å². The summed E-state index contributed by atoms with van der Waals surface area (Å²) >= 11 is 5.81. The lowest BCUT2D eigenvalue weighted by Gasteiger charge is -2.32. The largest absolute Gasteiger partial charge is 0.461 e. The monoisotopic (exact) mass is 324 g/mol. The Kier molecular flexibility index (Phi) is 4.75. The second-order valence-corrected chi connectivity index (χ2v) is 5.49. The minimum Gasteiger partial charge on any atom is -0.461 e. The summed E-state index contributed by atoms with van der Waals surface area (Å²) < 4.78 is 43.3. The van der Waals surface area contributed by atoms with Crippen LogP contribution in [0.1, 0.15) is 26.7 Å². The first-order valence-electron chi connectivity index (χ1n) is 6.65. The van der Waals surface area contributed by atoms with E-state index < -0.39 is 12.1 Å². The molecule has 2 rings (SSSR count). The second kappa shape index (κ2) is 6.21. The van der Waals surface area contributed by atoms with Crippen molar-refractivity contribution in [1.29, 1.82) is 0 Å². The number of halogens is 4. The minimum atomic E-state index is -4.14. The summed E-state index contributed by atoms with van der Waals surface area (Å²) in [6.45, 7) is 4.08. The summed E-state index contributed by atoms with van der Waals surface area (Å²) in [6.07, 6.45) is -4.23. The highest BCUT2D eigenvalue weighted by Crippen LogP contribution is 2.35. The number of piperidine rings is 1.